The minimum Gasteiger partial charge on any atom is -0.340 e. The molecule has 0 N–H and O–H groups in total. The van der Waals surface area contributed by atoms with Gasteiger partial charge in [-0.2, -0.15) is 0 Å². The Labute approximate surface area is 105 Å². The van der Waals surface area contributed by atoms with E-state index in [2.05, 4.69) is 0 Å². The molecule has 0 heterocycles. The number of ether oxygens (including phenoxy) is 1. The smallest absolute Gasteiger partial charge is 0.248 e. The van der Waals surface area contributed by atoms with Crippen LogP contribution in [-0.4, -0.2) is 19.8 Å². The third-order valence-corrected chi connectivity index (χ3v) is 2.73. The fourth-order valence-corrected chi connectivity index (χ4v) is 0.640. The van der Waals surface area contributed by atoms with Crippen LogP contribution in [0.4, 0.5) is 0 Å². The Balaban J connectivity index is 3.93. The highest BCUT2D eigenvalue weighted by Gasteiger charge is 2.36. The summed E-state index contributed by atoms with van der Waals surface area (Å²) in [5.74, 6) is 0. The van der Waals surface area contributed by atoms with Crippen molar-refractivity contribution >= 4 is 81.2 Å². The number of rotatable bonds is 3. The SMILES string of the molecule is ClC(Cl)C(Cl)(Cl)OCC(Cl)(Cl)Cl. The van der Waals surface area contributed by atoms with Gasteiger partial charge in [0.2, 0.25) is 8.31 Å². The van der Waals surface area contributed by atoms with E-state index in [1.54, 1.807) is 0 Å². The van der Waals surface area contributed by atoms with Crippen LogP contribution < -0.4 is 0 Å². The van der Waals surface area contributed by atoms with Crippen LogP contribution in [0.25, 0.3) is 0 Å². The Bertz CT molecular complexity index is 139. The summed E-state index contributed by atoms with van der Waals surface area (Å²) >= 11 is 37.7. The summed E-state index contributed by atoms with van der Waals surface area (Å²) in [6.45, 7) is -0.305. The lowest BCUT2D eigenvalue weighted by Gasteiger charge is -2.23. The lowest BCUT2D eigenvalue weighted by molar-refractivity contribution is 0.0911. The van der Waals surface area contributed by atoms with Crippen molar-refractivity contribution < 1.29 is 4.74 Å². The third kappa shape index (κ3) is 6.44. The van der Waals surface area contributed by atoms with Crippen molar-refractivity contribution in [3.63, 3.8) is 0 Å². The van der Waals surface area contributed by atoms with Gasteiger partial charge in [0, 0.05) is 0 Å². The van der Waals surface area contributed by atoms with Gasteiger partial charge in [0.25, 0.3) is 0 Å². The van der Waals surface area contributed by atoms with E-state index in [1.165, 1.54) is 0 Å². The molecule has 0 amide bonds. The Morgan fingerprint density at radius 1 is 1.00 bits per heavy atom. The first-order valence-electron chi connectivity index (χ1n) is 2.52. The van der Waals surface area contributed by atoms with Gasteiger partial charge in [0.1, 0.15) is 0 Å². The largest absolute Gasteiger partial charge is 0.340 e. The fourth-order valence-electron chi connectivity index (χ4n) is 0.241. The van der Waals surface area contributed by atoms with Gasteiger partial charge in [-0.05, 0) is 0 Å². The second-order valence-electron chi connectivity index (χ2n) is 1.77. The van der Waals surface area contributed by atoms with E-state index in [0.717, 1.165) is 0 Å². The van der Waals surface area contributed by atoms with Crippen LogP contribution in [-0.2, 0) is 4.74 Å². The van der Waals surface area contributed by atoms with Crippen LogP contribution in [0.15, 0.2) is 0 Å². The maximum atomic E-state index is 5.48. The average Bonchev–Trinajstić information content (AvgIpc) is 1.82. The van der Waals surface area contributed by atoms with Crippen molar-refractivity contribution in [2.45, 2.75) is 13.1 Å². The van der Waals surface area contributed by atoms with Crippen molar-refractivity contribution in [1.82, 2.24) is 0 Å². The van der Waals surface area contributed by atoms with Crippen molar-refractivity contribution in [3.8, 4) is 0 Å². The van der Waals surface area contributed by atoms with Crippen LogP contribution >= 0.6 is 81.2 Å². The van der Waals surface area contributed by atoms with Gasteiger partial charge in [-0.1, -0.05) is 81.2 Å². The highest BCUT2D eigenvalue weighted by atomic mass is 35.6. The number of alkyl halides is 7. The number of hydrogen-bond acceptors (Lipinski definition) is 1. The summed E-state index contributed by atoms with van der Waals surface area (Å²) in [7, 11) is 0. The molecule has 0 atom stereocenters. The second-order valence-corrected chi connectivity index (χ2v) is 6.70. The van der Waals surface area contributed by atoms with E-state index in [0.29, 0.717) is 0 Å². The van der Waals surface area contributed by atoms with Gasteiger partial charge in [0.15, 0.2) is 4.84 Å². The molecule has 0 rings (SSSR count). The van der Waals surface area contributed by atoms with Crippen LogP contribution in [0.1, 0.15) is 0 Å². The van der Waals surface area contributed by atoms with E-state index in [4.69, 9.17) is 85.9 Å². The topological polar surface area (TPSA) is 9.23 Å². The monoisotopic (exact) mass is 312 g/mol. The zero-order chi connectivity index (χ0) is 9.99. The van der Waals surface area contributed by atoms with E-state index < -0.39 is 13.1 Å². The summed E-state index contributed by atoms with van der Waals surface area (Å²) in [6, 6.07) is 0. The summed E-state index contributed by atoms with van der Waals surface area (Å²) in [4.78, 5) is -1.13. The van der Waals surface area contributed by atoms with Crippen LogP contribution in [0.3, 0.4) is 0 Å². The van der Waals surface area contributed by atoms with Crippen molar-refractivity contribution in [2.24, 2.45) is 0 Å². The minimum absolute atomic E-state index is 0.305. The number of hydrogen-bond donors (Lipinski definition) is 0. The molecule has 12 heavy (non-hydrogen) atoms. The zero-order valence-corrected chi connectivity index (χ0v) is 10.6. The van der Waals surface area contributed by atoms with E-state index >= 15 is 0 Å². The standard InChI is InChI=1S/C4H3Cl7O/c5-2(6)4(10,11)12-1-3(7,8)9/h2H,1H2. The third-order valence-electron chi connectivity index (χ3n) is 0.682. The van der Waals surface area contributed by atoms with Gasteiger partial charge in [-0.25, -0.2) is 0 Å². The Kier molecular flexibility index (Phi) is 6.04. The zero-order valence-electron chi connectivity index (χ0n) is 5.34. The van der Waals surface area contributed by atoms with Crippen LogP contribution in [0.5, 0.6) is 0 Å². The molecule has 0 bridgehead atoms. The van der Waals surface area contributed by atoms with Gasteiger partial charge in [0.05, 0.1) is 6.61 Å². The van der Waals surface area contributed by atoms with Crippen LogP contribution in [0, 0.1) is 0 Å². The molecule has 74 valence electrons. The highest BCUT2D eigenvalue weighted by molar-refractivity contribution is 6.67. The molecule has 0 saturated carbocycles. The molecular weight excluding hydrogens is 312 g/mol. The highest BCUT2D eigenvalue weighted by Crippen LogP contribution is 2.36. The molecule has 0 unspecified atom stereocenters. The number of halogens is 7. The predicted octanol–water partition coefficient (Wildman–Crippen LogP) is 4.31. The maximum Gasteiger partial charge on any atom is 0.248 e. The molecule has 0 spiro atoms. The van der Waals surface area contributed by atoms with Crippen molar-refractivity contribution in [2.75, 3.05) is 6.61 Å². The molecule has 0 radical (unpaired) electrons. The lowest BCUT2D eigenvalue weighted by Crippen LogP contribution is -2.30. The summed E-state index contributed by atoms with van der Waals surface area (Å²) in [5.41, 5.74) is 0. The first kappa shape index (κ1) is 14.0. The molecule has 0 aromatic carbocycles. The van der Waals surface area contributed by atoms with Gasteiger partial charge < -0.3 is 4.74 Å². The second kappa shape index (κ2) is 5.18. The molecule has 0 aliphatic carbocycles. The Morgan fingerprint density at radius 3 is 1.67 bits per heavy atom. The quantitative estimate of drug-likeness (QED) is 0.705. The molecular formula is C4H3Cl7O. The van der Waals surface area contributed by atoms with Gasteiger partial charge in [-0.3, -0.25) is 0 Å². The average molecular weight is 315 g/mol. The van der Waals surface area contributed by atoms with Gasteiger partial charge >= 0.3 is 0 Å². The molecule has 1 nitrogen and oxygen atoms in total. The Morgan fingerprint density at radius 2 is 1.42 bits per heavy atom. The first-order chi connectivity index (χ1) is 5.15. The van der Waals surface area contributed by atoms with E-state index in [9.17, 15) is 0 Å². The minimum atomic E-state index is -1.77. The lowest BCUT2D eigenvalue weighted by atomic mass is 10.7. The summed E-state index contributed by atoms with van der Waals surface area (Å²) in [5, 5.41) is 0. The van der Waals surface area contributed by atoms with E-state index in [-0.39, 0.29) is 6.61 Å². The van der Waals surface area contributed by atoms with Gasteiger partial charge in [-0.15, -0.1) is 0 Å². The normalized spacial score (nSPS) is 14.0. The molecule has 0 aliphatic rings. The van der Waals surface area contributed by atoms with Crippen molar-refractivity contribution in [3.05, 3.63) is 0 Å². The fraction of sp³-hybridized carbons (Fsp3) is 1.00. The van der Waals surface area contributed by atoms with Crippen molar-refractivity contribution in [1.29, 1.82) is 0 Å². The molecule has 0 aromatic heterocycles. The van der Waals surface area contributed by atoms with E-state index in [1.807, 2.05) is 0 Å². The Hall–Kier alpha value is 1.99. The molecule has 0 aliphatic heterocycles. The van der Waals surface area contributed by atoms with Crippen LogP contribution in [0.2, 0.25) is 0 Å². The summed E-state index contributed by atoms with van der Waals surface area (Å²) < 4.78 is 1.36. The molecule has 0 saturated heterocycles. The molecule has 8 heteroatoms. The molecule has 0 aromatic rings. The first-order valence-corrected chi connectivity index (χ1v) is 5.28. The predicted molar refractivity (Wildman–Crippen MR) is 56.2 cm³/mol. The molecule has 0 fully saturated rings. The maximum absolute atomic E-state index is 5.48. The summed E-state index contributed by atoms with van der Waals surface area (Å²) in [6.07, 6.45) is 0.